The molecule has 21 heavy (non-hydrogen) atoms. The zero-order valence-corrected chi connectivity index (χ0v) is 12.7. The summed E-state index contributed by atoms with van der Waals surface area (Å²) in [5, 5.41) is 20.0. The summed E-state index contributed by atoms with van der Waals surface area (Å²) in [4.78, 5) is 0. The third-order valence-electron chi connectivity index (χ3n) is 3.51. The van der Waals surface area contributed by atoms with Crippen molar-refractivity contribution in [3.8, 4) is 11.3 Å². The second kappa shape index (κ2) is 6.37. The van der Waals surface area contributed by atoms with Crippen molar-refractivity contribution in [2.75, 3.05) is 6.54 Å². The molecule has 3 N–H and O–H groups in total. The average Bonchev–Trinajstić information content (AvgIpc) is 2.86. The van der Waals surface area contributed by atoms with Gasteiger partial charge in [0.1, 0.15) is 5.82 Å². The lowest BCUT2D eigenvalue weighted by Crippen LogP contribution is -2.36. The third-order valence-corrected chi connectivity index (χ3v) is 3.51. The Bertz CT molecular complexity index is 589. The molecule has 0 bridgehead atoms. The second-order valence-electron chi connectivity index (χ2n) is 6.26. The van der Waals surface area contributed by atoms with Gasteiger partial charge in [0.2, 0.25) is 0 Å². The number of aliphatic hydroxyl groups excluding tert-OH is 1. The molecule has 1 heterocycles. The van der Waals surface area contributed by atoms with Gasteiger partial charge >= 0.3 is 0 Å². The lowest BCUT2D eigenvalue weighted by molar-refractivity contribution is 0.0628. The Kier molecular flexibility index (Phi) is 4.75. The highest BCUT2D eigenvalue weighted by Crippen LogP contribution is 2.24. The molecule has 1 atom stereocenters. The molecular weight excluding hydrogens is 269 g/mol. The van der Waals surface area contributed by atoms with Gasteiger partial charge in [-0.2, -0.15) is 5.10 Å². The average molecular weight is 291 g/mol. The van der Waals surface area contributed by atoms with Gasteiger partial charge < -0.3 is 10.4 Å². The first-order valence-electron chi connectivity index (χ1n) is 7.05. The molecule has 114 valence electrons. The number of aromatic amines is 1. The van der Waals surface area contributed by atoms with Crippen molar-refractivity contribution in [3.05, 3.63) is 41.8 Å². The summed E-state index contributed by atoms with van der Waals surface area (Å²) in [6.07, 6.45) is 1.24. The topological polar surface area (TPSA) is 60.9 Å². The molecular formula is C16H22FN3O. The van der Waals surface area contributed by atoms with E-state index < -0.39 is 6.10 Å². The van der Waals surface area contributed by atoms with Gasteiger partial charge in [0.05, 0.1) is 18.0 Å². The molecule has 0 spiro atoms. The molecule has 0 saturated carbocycles. The Labute approximate surface area is 124 Å². The number of aromatic nitrogens is 2. The van der Waals surface area contributed by atoms with Crippen LogP contribution in [0.15, 0.2) is 30.5 Å². The van der Waals surface area contributed by atoms with Crippen LogP contribution in [-0.4, -0.2) is 28.0 Å². The Morgan fingerprint density at radius 2 is 2.05 bits per heavy atom. The number of aliphatic hydroxyl groups is 1. The summed E-state index contributed by atoms with van der Waals surface area (Å²) in [6.45, 7) is 6.96. The van der Waals surface area contributed by atoms with Crippen LogP contribution in [-0.2, 0) is 6.54 Å². The summed E-state index contributed by atoms with van der Waals surface area (Å²) in [6, 6.07) is 6.60. The van der Waals surface area contributed by atoms with Crippen LogP contribution in [0.2, 0.25) is 0 Å². The van der Waals surface area contributed by atoms with Gasteiger partial charge in [0.15, 0.2) is 0 Å². The van der Waals surface area contributed by atoms with E-state index in [9.17, 15) is 9.50 Å². The minimum Gasteiger partial charge on any atom is -0.391 e. The van der Waals surface area contributed by atoms with Gasteiger partial charge in [0.25, 0.3) is 0 Å². The first-order chi connectivity index (χ1) is 9.89. The number of H-pyrrole nitrogens is 1. The molecule has 4 nitrogen and oxygen atoms in total. The van der Waals surface area contributed by atoms with Crippen molar-refractivity contribution in [2.24, 2.45) is 5.41 Å². The maximum Gasteiger partial charge on any atom is 0.132 e. The zero-order valence-electron chi connectivity index (χ0n) is 12.7. The predicted molar refractivity (Wildman–Crippen MR) is 81.2 cm³/mol. The number of nitrogens with zero attached hydrogens (tertiary/aromatic N) is 1. The van der Waals surface area contributed by atoms with Gasteiger partial charge in [0, 0.05) is 24.2 Å². The van der Waals surface area contributed by atoms with E-state index in [1.165, 1.54) is 6.07 Å². The smallest absolute Gasteiger partial charge is 0.132 e. The number of halogens is 1. The summed E-state index contributed by atoms with van der Waals surface area (Å²) in [7, 11) is 0. The second-order valence-corrected chi connectivity index (χ2v) is 6.26. The Hall–Kier alpha value is -1.72. The zero-order chi connectivity index (χ0) is 15.5. The highest BCUT2D eigenvalue weighted by molar-refractivity contribution is 5.63. The fourth-order valence-electron chi connectivity index (χ4n) is 1.99. The number of benzene rings is 1. The molecule has 5 heteroatoms. The van der Waals surface area contributed by atoms with Gasteiger partial charge in [-0.05, 0) is 17.5 Å². The van der Waals surface area contributed by atoms with E-state index in [1.807, 2.05) is 20.8 Å². The van der Waals surface area contributed by atoms with Crippen LogP contribution in [0, 0.1) is 11.2 Å². The molecule has 2 rings (SSSR count). The van der Waals surface area contributed by atoms with Crippen LogP contribution in [0.3, 0.4) is 0 Å². The fraction of sp³-hybridized carbons (Fsp3) is 0.438. The van der Waals surface area contributed by atoms with Crippen LogP contribution in [0.1, 0.15) is 26.3 Å². The SMILES string of the molecule is CC(C)(C)C(O)CNCc1cn[nH]c1-c1ccccc1F. The first kappa shape index (κ1) is 15.7. The summed E-state index contributed by atoms with van der Waals surface area (Å²) in [5.41, 5.74) is 1.88. The largest absolute Gasteiger partial charge is 0.391 e. The van der Waals surface area contributed by atoms with E-state index in [2.05, 4.69) is 15.5 Å². The molecule has 0 aliphatic rings. The van der Waals surface area contributed by atoms with E-state index in [0.717, 1.165) is 5.56 Å². The lowest BCUT2D eigenvalue weighted by Gasteiger charge is -2.26. The maximum atomic E-state index is 13.8. The minimum atomic E-state index is -0.443. The van der Waals surface area contributed by atoms with Crippen molar-refractivity contribution in [1.29, 1.82) is 0 Å². The summed E-state index contributed by atoms with van der Waals surface area (Å²) < 4.78 is 13.8. The van der Waals surface area contributed by atoms with E-state index in [0.29, 0.717) is 24.3 Å². The molecule has 0 fully saturated rings. The monoisotopic (exact) mass is 291 g/mol. The number of hydrogen-bond acceptors (Lipinski definition) is 3. The van der Waals surface area contributed by atoms with Gasteiger partial charge in [-0.1, -0.05) is 32.9 Å². The van der Waals surface area contributed by atoms with Crippen molar-refractivity contribution in [3.63, 3.8) is 0 Å². The van der Waals surface area contributed by atoms with Crippen molar-refractivity contribution in [1.82, 2.24) is 15.5 Å². The predicted octanol–water partition coefficient (Wildman–Crippen LogP) is 2.71. The number of hydrogen-bond donors (Lipinski definition) is 3. The van der Waals surface area contributed by atoms with Gasteiger partial charge in [-0.3, -0.25) is 5.10 Å². The van der Waals surface area contributed by atoms with E-state index >= 15 is 0 Å². The molecule has 0 radical (unpaired) electrons. The quantitative estimate of drug-likeness (QED) is 0.794. The van der Waals surface area contributed by atoms with Crippen LogP contribution in [0.4, 0.5) is 4.39 Å². The third kappa shape index (κ3) is 3.89. The van der Waals surface area contributed by atoms with Crippen molar-refractivity contribution in [2.45, 2.75) is 33.4 Å². The van der Waals surface area contributed by atoms with Gasteiger partial charge in [-0.25, -0.2) is 4.39 Å². The Morgan fingerprint density at radius 3 is 2.71 bits per heavy atom. The highest BCUT2D eigenvalue weighted by atomic mass is 19.1. The van der Waals surface area contributed by atoms with E-state index in [4.69, 9.17) is 0 Å². The Balaban J connectivity index is 2.04. The molecule has 0 saturated heterocycles. The van der Waals surface area contributed by atoms with Gasteiger partial charge in [-0.15, -0.1) is 0 Å². The summed E-state index contributed by atoms with van der Waals surface area (Å²) in [5.74, 6) is -0.280. The molecule has 1 unspecified atom stereocenters. The molecule has 1 aromatic carbocycles. The number of nitrogens with one attached hydrogen (secondary N) is 2. The van der Waals surface area contributed by atoms with Crippen molar-refractivity contribution >= 4 is 0 Å². The molecule has 0 aliphatic carbocycles. The normalized spacial score (nSPS) is 13.4. The highest BCUT2D eigenvalue weighted by Gasteiger charge is 2.21. The molecule has 1 aromatic heterocycles. The molecule has 2 aromatic rings. The fourth-order valence-corrected chi connectivity index (χ4v) is 1.99. The first-order valence-corrected chi connectivity index (χ1v) is 7.05. The number of rotatable bonds is 5. The molecule has 0 aliphatic heterocycles. The van der Waals surface area contributed by atoms with Crippen LogP contribution in [0.25, 0.3) is 11.3 Å². The van der Waals surface area contributed by atoms with Crippen molar-refractivity contribution < 1.29 is 9.50 Å². The van der Waals surface area contributed by atoms with E-state index in [1.54, 1.807) is 24.4 Å². The lowest BCUT2D eigenvalue weighted by atomic mass is 9.89. The molecule has 0 amide bonds. The van der Waals surface area contributed by atoms with Crippen LogP contribution >= 0.6 is 0 Å². The maximum absolute atomic E-state index is 13.8. The summed E-state index contributed by atoms with van der Waals surface area (Å²) >= 11 is 0. The van der Waals surface area contributed by atoms with Crippen LogP contribution < -0.4 is 5.32 Å². The minimum absolute atomic E-state index is 0.169. The van der Waals surface area contributed by atoms with Crippen LogP contribution in [0.5, 0.6) is 0 Å². The van der Waals surface area contributed by atoms with E-state index in [-0.39, 0.29) is 11.2 Å². The standard InChI is InChI=1S/C16H22FN3O/c1-16(2,3)14(21)10-18-8-11-9-19-20-15(11)12-6-4-5-7-13(12)17/h4-7,9,14,18,21H,8,10H2,1-3H3,(H,19,20). The Morgan fingerprint density at radius 1 is 1.33 bits per heavy atom.